The van der Waals surface area contributed by atoms with Gasteiger partial charge >= 0.3 is 5.97 Å². The van der Waals surface area contributed by atoms with Crippen LogP contribution < -0.4 is 27.8 Å². The van der Waals surface area contributed by atoms with Gasteiger partial charge in [0.1, 0.15) is 24.2 Å². The summed E-state index contributed by atoms with van der Waals surface area (Å²) in [6.45, 7) is 1.45. The maximum atomic E-state index is 13.1. The van der Waals surface area contributed by atoms with Gasteiger partial charge in [0.05, 0.1) is 6.10 Å². The van der Waals surface area contributed by atoms with Crippen molar-refractivity contribution in [3.05, 3.63) is 0 Å². The van der Waals surface area contributed by atoms with E-state index in [-0.39, 0.29) is 38.6 Å². The minimum absolute atomic E-state index is 0.154. The highest BCUT2D eigenvalue weighted by atomic mass is 16.4. The zero-order chi connectivity index (χ0) is 25.3. The Labute approximate surface area is 190 Å². The van der Waals surface area contributed by atoms with E-state index in [2.05, 4.69) is 10.6 Å². The molecule has 1 rings (SSSR count). The van der Waals surface area contributed by atoms with Crippen LogP contribution in [0.25, 0.3) is 0 Å². The smallest absolute Gasteiger partial charge is 0.326 e. The van der Waals surface area contributed by atoms with E-state index in [1.807, 2.05) is 0 Å². The monoisotopic (exact) mass is 472 g/mol. The van der Waals surface area contributed by atoms with Crippen LogP contribution in [-0.2, 0) is 28.8 Å². The number of nitrogens with one attached hydrogen (secondary N) is 2. The molecule has 5 atom stereocenters. The first kappa shape index (κ1) is 27.8. The molecule has 186 valence electrons. The molecule has 0 aromatic heterocycles. The molecule has 5 amide bonds. The summed E-state index contributed by atoms with van der Waals surface area (Å²) in [5.41, 5.74) is 15.8. The molecular formula is C19H32N6O8. The molecule has 14 nitrogen and oxygen atoms in total. The fourth-order valence-corrected chi connectivity index (χ4v) is 3.35. The van der Waals surface area contributed by atoms with Gasteiger partial charge < -0.3 is 42.9 Å². The third kappa shape index (κ3) is 8.65. The van der Waals surface area contributed by atoms with Gasteiger partial charge in [0.2, 0.25) is 29.5 Å². The molecule has 0 bridgehead atoms. The average Bonchev–Trinajstić information content (AvgIpc) is 3.22. The van der Waals surface area contributed by atoms with E-state index in [9.17, 15) is 39.0 Å². The number of aliphatic hydroxyl groups excluding tert-OH is 1. The molecule has 1 aliphatic rings. The Morgan fingerprint density at radius 2 is 1.55 bits per heavy atom. The maximum absolute atomic E-state index is 13.1. The van der Waals surface area contributed by atoms with Crippen LogP contribution in [0.4, 0.5) is 0 Å². The molecule has 1 aliphatic heterocycles. The van der Waals surface area contributed by atoms with Crippen LogP contribution in [-0.4, -0.2) is 87.4 Å². The Morgan fingerprint density at radius 1 is 1.00 bits per heavy atom. The van der Waals surface area contributed by atoms with Crippen molar-refractivity contribution in [2.24, 2.45) is 17.2 Å². The maximum Gasteiger partial charge on any atom is 0.326 e. The van der Waals surface area contributed by atoms with Crippen molar-refractivity contribution < 1.29 is 39.0 Å². The van der Waals surface area contributed by atoms with Crippen LogP contribution in [0.3, 0.4) is 0 Å². The predicted molar refractivity (Wildman–Crippen MR) is 113 cm³/mol. The number of hydrogen-bond acceptors (Lipinski definition) is 8. The zero-order valence-corrected chi connectivity index (χ0v) is 18.4. The number of carbonyl (C=O) groups excluding carboxylic acids is 5. The molecule has 0 aliphatic carbocycles. The Kier molecular flexibility index (Phi) is 10.7. The summed E-state index contributed by atoms with van der Waals surface area (Å²) in [5, 5.41) is 23.5. The van der Waals surface area contributed by atoms with Gasteiger partial charge in [0.25, 0.3) is 0 Å². The van der Waals surface area contributed by atoms with Crippen molar-refractivity contribution >= 4 is 35.5 Å². The molecule has 1 heterocycles. The Hall–Kier alpha value is -3.26. The quantitative estimate of drug-likeness (QED) is 0.139. The summed E-state index contributed by atoms with van der Waals surface area (Å²) in [5.74, 6) is -5.04. The third-order valence-corrected chi connectivity index (χ3v) is 5.25. The summed E-state index contributed by atoms with van der Waals surface area (Å²) in [4.78, 5) is 72.9. The van der Waals surface area contributed by atoms with E-state index in [4.69, 9.17) is 17.2 Å². The van der Waals surface area contributed by atoms with E-state index in [1.165, 1.54) is 11.8 Å². The van der Waals surface area contributed by atoms with Gasteiger partial charge in [-0.3, -0.25) is 24.0 Å². The Morgan fingerprint density at radius 3 is 2.03 bits per heavy atom. The van der Waals surface area contributed by atoms with Crippen molar-refractivity contribution in [2.75, 3.05) is 6.54 Å². The minimum atomic E-state index is -1.38. The second kappa shape index (κ2) is 12.7. The number of primary amides is 2. The van der Waals surface area contributed by atoms with Crippen LogP contribution in [0, 0.1) is 0 Å². The number of rotatable bonds is 13. The molecule has 0 saturated carbocycles. The number of aliphatic hydroxyl groups is 1. The van der Waals surface area contributed by atoms with Gasteiger partial charge in [-0.15, -0.1) is 0 Å². The molecule has 0 spiro atoms. The Balaban J connectivity index is 2.97. The molecule has 10 N–H and O–H groups in total. The lowest BCUT2D eigenvalue weighted by Gasteiger charge is -2.30. The lowest BCUT2D eigenvalue weighted by molar-refractivity contribution is -0.145. The zero-order valence-electron chi connectivity index (χ0n) is 18.4. The van der Waals surface area contributed by atoms with Crippen LogP contribution >= 0.6 is 0 Å². The molecule has 0 aromatic rings. The number of carboxylic acid groups (broad SMARTS) is 1. The van der Waals surface area contributed by atoms with Gasteiger partial charge in [-0.1, -0.05) is 0 Å². The number of carbonyl (C=O) groups is 6. The third-order valence-electron chi connectivity index (χ3n) is 5.25. The average molecular weight is 472 g/mol. The fourth-order valence-electron chi connectivity index (χ4n) is 3.35. The summed E-state index contributed by atoms with van der Waals surface area (Å²) >= 11 is 0. The first-order chi connectivity index (χ1) is 15.3. The van der Waals surface area contributed by atoms with Crippen LogP contribution in [0.5, 0.6) is 0 Å². The van der Waals surface area contributed by atoms with Gasteiger partial charge in [-0.05, 0) is 32.6 Å². The largest absolute Gasteiger partial charge is 0.480 e. The summed E-state index contributed by atoms with van der Waals surface area (Å²) in [6, 6.07) is -4.97. The van der Waals surface area contributed by atoms with Crippen LogP contribution in [0.15, 0.2) is 0 Å². The standard InChI is InChI=1S/C19H32N6O8/c1-9(26)15(22)17(30)23-10(4-6-13(20)27)18(31)25-8-2-3-12(25)16(29)24-11(19(32)33)5-7-14(21)28/h9-12,15,26H,2-8,22H2,1H3,(H2,20,27)(H2,21,28)(H,23,30)(H,24,29)(H,32,33). The number of amides is 5. The molecule has 5 unspecified atom stereocenters. The van der Waals surface area contributed by atoms with Gasteiger partial charge in [-0.25, -0.2) is 4.79 Å². The predicted octanol–water partition coefficient (Wildman–Crippen LogP) is -3.73. The van der Waals surface area contributed by atoms with E-state index >= 15 is 0 Å². The van der Waals surface area contributed by atoms with Crippen molar-refractivity contribution in [3.8, 4) is 0 Å². The fraction of sp³-hybridized carbons (Fsp3) is 0.684. The van der Waals surface area contributed by atoms with E-state index < -0.39 is 65.8 Å². The highest BCUT2D eigenvalue weighted by Gasteiger charge is 2.39. The van der Waals surface area contributed by atoms with Crippen LogP contribution in [0.2, 0.25) is 0 Å². The lowest BCUT2D eigenvalue weighted by Crippen LogP contribution is -2.58. The molecule has 1 saturated heterocycles. The number of hydrogen-bond donors (Lipinski definition) is 7. The topological polar surface area (TPSA) is 248 Å². The highest BCUT2D eigenvalue weighted by Crippen LogP contribution is 2.20. The number of aliphatic carboxylic acids is 1. The van der Waals surface area contributed by atoms with E-state index in [0.717, 1.165) is 0 Å². The number of nitrogens with two attached hydrogens (primary N) is 3. The van der Waals surface area contributed by atoms with Crippen molar-refractivity contribution in [1.29, 1.82) is 0 Å². The Bertz CT molecular complexity index is 773. The van der Waals surface area contributed by atoms with Crippen molar-refractivity contribution in [3.63, 3.8) is 0 Å². The first-order valence-electron chi connectivity index (χ1n) is 10.5. The minimum Gasteiger partial charge on any atom is -0.480 e. The van der Waals surface area contributed by atoms with Crippen LogP contribution in [0.1, 0.15) is 45.4 Å². The molecule has 0 radical (unpaired) electrons. The molecule has 33 heavy (non-hydrogen) atoms. The van der Waals surface area contributed by atoms with Crippen molar-refractivity contribution in [1.82, 2.24) is 15.5 Å². The number of likely N-dealkylation sites (tertiary alicyclic amines) is 1. The summed E-state index contributed by atoms with van der Waals surface area (Å²) in [7, 11) is 0. The molecule has 0 aromatic carbocycles. The van der Waals surface area contributed by atoms with Gasteiger partial charge in [-0.2, -0.15) is 0 Å². The van der Waals surface area contributed by atoms with E-state index in [0.29, 0.717) is 6.42 Å². The molecular weight excluding hydrogens is 440 g/mol. The summed E-state index contributed by atoms with van der Waals surface area (Å²) in [6.07, 6.45) is -1.39. The second-order valence-electron chi connectivity index (χ2n) is 7.93. The SMILES string of the molecule is CC(O)C(N)C(=O)NC(CCC(N)=O)C(=O)N1CCCC1C(=O)NC(CCC(N)=O)C(=O)O. The lowest BCUT2D eigenvalue weighted by atomic mass is 10.1. The highest BCUT2D eigenvalue weighted by molar-refractivity contribution is 5.95. The normalized spacial score (nSPS) is 19.1. The number of carboxylic acids is 1. The van der Waals surface area contributed by atoms with Crippen molar-refractivity contribution in [2.45, 2.75) is 75.7 Å². The second-order valence-corrected chi connectivity index (χ2v) is 7.93. The summed E-state index contributed by atoms with van der Waals surface area (Å²) < 4.78 is 0. The molecule has 1 fully saturated rings. The molecule has 14 heteroatoms. The number of nitrogens with zero attached hydrogens (tertiary/aromatic N) is 1. The van der Waals surface area contributed by atoms with E-state index in [1.54, 1.807) is 0 Å². The van der Waals surface area contributed by atoms with Gasteiger partial charge in [0.15, 0.2) is 0 Å². The first-order valence-corrected chi connectivity index (χ1v) is 10.5. The van der Waals surface area contributed by atoms with Gasteiger partial charge in [0, 0.05) is 19.4 Å².